The predicted octanol–water partition coefficient (Wildman–Crippen LogP) is 4.31. The van der Waals surface area contributed by atoms with Crippen LogP contribution in [0, 0.1) is 18.4 Å². The van der Waals surface area contributed by atoms with Gasteiger partial charge in [0, 0.05) is 12.0 Å². The normalized spacial score (nSPS) is 12.5. The molecular weight excluding hydrogens is 248 g/mol. The van der Waals surface area contributed by atoms with Crippen molar-refractivity contribution in [1.82, 2.24) is 0 Å². The summed E-state index contributed by atoms with van der Waals surface area (Å²) in [6, 6.07) is 6.36. The molecule has 0 aliphatic rings. The Morgan fingerprint density at radius 2 is 1.95 bits per heavy atom. The molecule has 1 aromatic rings. The Kier molecular flexibility index (Phi) is 5.14. The summed E-state index contributed by atoms with van der Waals surface area (Å²) in [5.41, 5.74) is 6.93. The van der Waals surface area contributed by atoms with Crippen LogP contribution in [0.5, 0.6) is 0 Å². The van der Waals surface area contributed by atoms with Gasteiger partial charge in [0.2, 0.25) is 0 Å². The van der Waals surface area contributed by atoms with Gasteiger partial charge in [-0.1, -0.05) is 44.6 Å². The summed E-state index contributed by atoms with van der Waals surface area (Å²) in [6.07, 6.45) is 0.588. The van der Waals surface area contributed by atoms with Crippen molar-refractivity contribution in [2.24, 2.45) is 0 Å². The molecule has 0 heterocycles. The lowest BCUT2D eigenvalue weighted by molar-refractivity contribution is -0.117. The van der Waals surface area contributed by atoms with Crippen molar-refractivity contribution in [2.75, 3.05) is 0 Å². The molecule has 0 aliphatic carbocycles. The molecule has 0 fully saturated rings. The molecule has 102 valence electrons. The third-order valence-electron chi connectivity index (χ3n) is 2.91. The SMILES string of the molecule is CC(=O)C[C@H](C)c1ccc(C)cc1C#C[Si](C)(C)C. The van der Waals surface area contributed by atoms with E-state index in [2.05, 4.69) is 63.2 Å². The third-order valence-corrected chi connectivity index (χ3v) is 3.78. The van der Waals surface area contributed by atoms with Crippen LogP contribution in [0.1, 0.15) is 42.9 Å². The van der Waals surface area contributed by atoms with Crippen molar-refractivity contribution >= 4 is 13.9 Å². The Morgan fingerprint density at radius 3 is 2.47 bits per heavy atom. The molecule has 0 aromatic heterocycles. The number of aryl methyl sites for hydroxylation is 1. The Balaban J connectivity index is 3.17. The maximum atomic E-state index is 11.3. The number of carbonyl (C=O) groups is 1. The second-order valence-electron chi connectivity index (χ2n) is 6.40. The third kappa shape index (κ3) is 5.44. The van der Waals surface area contributed by atoms with E-state index < -0.39 is 8.07 Å². The molecule has 0 N–H and O–H groups in total. The number of benzene rings is 1. The fourth-order valence-corrected chi connectivity index (χ4v) is 2.51. The highest BCUT2D eigenvalue weighted by molar-refractivity contribution is 6.83. The summed E-state index contributed by atoms with van der Waals surface area (Å²) in [5, 5.41) is 0. The first-order chi connectivity index (χ1) is 8.69. The summed E-state index contributed by atoms with van der Waals surface area (Å²) in [7, 11) is -1.38. The van der Waals surface area contributed by atoms with Crippen molar-refractivity contribution in [2.45, 2.75) is 52.8 Å². The molecule has 0 saturated heterocycles. The maximum Gasteiger partial charge on any atom is 0.130 e. The summed E-state index contributed by atoms with van der Waals surface area (Å²) in [4.78, 5) is 11.3. The minimum Gasteiger partial charge on any atom is -0.300 e. The number of rotatable bonds is 3. The zero-order valence-corrected chi connectivity index (χ0v) is 13.9. The van der Waals surface area contributed by atoms with Gasteiger partial charge in [0.05, 0.1) is 0 Å². The van der Waals surface area contributed by atoms with Crippen LogP contribution in [0.2, 0.25) is 19.6 Å². The molecule has 0 saturated carbocycles. The first kappa shape index (κ1) is 15.7. The minimum absolute atomic E-state index is 0.234. The van der Waals surface area contributed by atoms with Gasteiger partial charge in [-0.15, -0.1) is 5.54 Å². The van der Waals surface area contributed by atoms with Gasteiger partial charge < -0.3 is 4.79 Å². The monoisotopic (exact) mass is 272 g/mol. The van der Waals surface area contributed by atoms with Crippen LogP contribution in [0.15, 0.2) is 18.2 Å². The van der Waals surface area contributed by atoms with Crippen LogP contribution in [0.25, 0.3) is 0 Å². The largest absolute Gasteiger partial charge is 0.300 e. The zero-order chi connectivity index (χ0) is 14.6. The van der Waals surface area contributed by atoms with E-state index >= 15 is 0 Å². The second-order valence-corrected chi connectivity index (χ2v) is 11.1. The molecule has 1 atom stereocenters. The van der Waals surface area contributed by atoms with Gasteiger partial charge in [0.1, 0.15) is 13.9 Å². The Labute approximate surface area is 118 Å². The number of Topliss-reactive ketones (excluding diaryl/α,β-unsaturated/α-hetero) is 1. The summed E-state index contributed by atoms with van der Waals surface area (Å²) in [6.45, 7) is 12.6. The van der Waals surface area contributed by atoms with Crippen LogP contribution in [0.3, 0.4) is 0 Å². The summed E-state index contributed by atoms with van der Waals surface area (Å²) in [5.74, 6) is 3.82. The van der Waals surface area contributed by atoms with Crippen LogP contribution in [0.4, 0.5) is 0 Å². The van der Waals surface area contributed by atoms with Gasteiger partial charge in [-0.25, -0.2) is 0 Å². The Morgan fingerprint density at radius 1 is 1.32 bits per heavy atom. The van der Waals surface area contributed by atoms with Gasteiger partial charge in [0.25, 0.3) is 0 Å². The molecular formula is C17H24OSi. The Hall–Kier alpha value is -1.33. The maximum absolute atomic E-state index is 11.3. The quantitative estimate of drug-likeness (QED) is 0.592. The van der Waals surface area contributed by atoms with E-state index in [4.69, 9.17) is 0 Å². The average Bonchev–Trinajstić information content (AvgIpc) is 2.24. The molecule has 1 nitrogen and oxygen atoms in total. The molecule has 0 unspecified atom stereocenters. The van der Waals surface area contributed by atoms with Crippen LogP contribution in [-0.2, 0) is 4.79 Å². The molecule has 0 radical (unpaired) electrons. The van der Waals surface area contributed by atoms with Crippen molar-refractivity contribution in [3.8, 4) is 11.5 Å². The summed E-state index contributed by atoms with van der Waals surface area (Å²) < 4.78 is 0. The van der Waals surface area contributed by atoms with Crippen LogP contribution < -0.4 is 0 Å². The fourth-order valence-electron chi connectivity index (χ4n) is 2.00. The standard InChI is InChI=1S/C17H24OSi/c1-13-7-8-17(14(2)12-15(3)18)16(11-13)9-10-19(4,5)6/h7-8,11,14H,12H2,1-6H3/t14-/m0/s1. The van der Waals surface area contributed by atoms with Crippen LogP contribution >= 0.6 is 0 Å². The van der Waals surface area contributed by atoms with E-state index in [-0.39, 0.29) is 11.7 Å². The number of carbonyl (C=O) groups excluding carboxylic acids is 1. The molecule has 0 spiro atoms. The fraction of sp³-hybridized carbons (Fsp3) is 0.471. The van der Waals surface area contributed by atoms with Gasteiger partial charge >= 0.3 is 0 Å². The molecule has 1 aromatic carbocycles. The Bertz CT molecular complexity index is 526. The minimum atomic E-state index is -1.38. The van der Waals surface area contributed by atoms with E-state index in [1.54, 1.807) is 6.92 Å². The number of hydrogen-bond donors (Lipinski definition) is 0. The van der Waals surface area contributed by atoms with E-state index in [9.17, 15) is 4.79 Å². The highest BCUT2D eigenvalue weighted by atomic mass is 28.3. The van der Waals surface area contributed by atoms with Gasteiger partial charge in [-0.2, -0.15) is 0 Å². The van der Waals surface area contributed by atoms with Crippen molar-refractivity contribution in [3.63, 3.8) is 0 Å². The average molecular weight is 272 g/mol. The first-order valence-corrected chi connectivity index (χ1v) is 10.3. The summed E-state index contributed by atoms with van der Waals surface area (Å²) >= 11 is 0. The van der Waals surface area contributed by atoms with E-state index in [1.165, 1.54) is 11.1 Å². The topological polar surface area (TPSA) is 17.1 Å². The highest BCUT2D eigenvalue weighted by Crippen LogP contribution is 2.24. The smallest absolute Gasteiger partial charge is 0.130 e. The lowest BCUT2D eigenvalue weighted by atomic mass is 9.91. The van der Waals surface area contributed by atoms with Gasteiger partial charge in [-0.3, -0.25) is 0 Å². The number of ketones is 1. The highest BCUT2D eigenvalue weighted by Gasteiger charge is 2.13. The van der Waals surface area contributed by atoms with Crippen molar-refractivity contribution in [3.05, 3.63) is 34.9 Å². The van der Waals surface area contributed by atoms with Crippen molar-refractivity contribution < 1.29 is 4.79 Å². The van der Waals surface area contributed by atoms with E-state index in [0.29, 0.717) is 6.42 Å². The molecule has 19 heavy (non-hydrogen) atoms. The van der Waals surface area contributed by atoms with Gasteiger partial charge in [-0.05, 0) is 37.0 Å². The van der Waals surface area contributed by atoms with Crippen LogP contribution in [-0.4, -0.2) is 13.9 Å². The lowest BCUT2D eigenvalue weighted by Gasteiger charge is -2.13. The molecule has 0 bridgehead atoms. The molecule has 1 rings (SSSR count). The van der Waals surface area contributed by atoms with Crippen molar-refractivity contribution in [1.29, 1.82) is 0 Å². The molecule has 0 aliphatic heterocycles. The predicted molar refractivity (Wildman–Crippen MR) is 85.1 cm³/mol. The number of hydrogen-bond acceptors (Lipinski definition) is 1. The van der Waals surface area contributed by atoms with E-state index in [1.807, 2.05) is 0 Å². The first-order valence-electron chi connectivity index (χ1n) is 6.82. The molecule has 0 amide bonds. The zero-order valence-electron chi connectivity index (χ0n) is 12.9. The van der Waals surface area contributed by atoms with Gasteiger partial charge in [0.15, 0.2) is 0 Å². The second kappa shape index (κ2) is 6.21. The molecule has 2 heteroatoms. The van der Waals surface area contributed by atoms with E-state index in [0.717, 1.165) is 5.56 Å². The lowest BCUT2D eigenvalue weighted by Crippen LogP contribution is -2.16.